The molecule has 0 atom stereocenters. The van der Waals surface area contributed by atoms with Gasteiger partial charge in [0.15, 0.2) is 5.65 Å². The van der Waals surface area contributed by atoms with Crippen LogP contribution in [0.5, 0.6) is 0 Å². The number of nitrogen functional groups attached to an aromatic ring is 1. The third kappa shape index (κ3) is 1.01. The Balaban J connectivity index is 2.86. The van der Waals surface area contributed by atoms with Gasteiger partial charge in [0.1, 0.15) is 5.82 Å². The molecular weight excluding hydrogens is 170 g/mol. The summed E-state index contributed by atoms with van der Waals surface area (Å²) in [5.41, 5.74) is 5.86. The predicted octanol–water partition coefficient (Wildman–Crippen LogP) is 1.14. The first-order valence-electron chi connectivity index (χ1n) is 3.65. The number of rotatable bonds is 0. The molecule has 13 heavy (non-hydrogen) atoms. The molecule has 2 aromatic rings. The summed E-state index contributed by atoms with van der Waals surface area (Å²) in [6.07, 6.45) is 0.410. The summed E-state index contributed by atoms with van der Waals surface area (Å²) in [5.74, 6) is 0.182. The average Bonchev–Trinajstić information content (AvgIpc) is 2.39. The van der Waals surface area contributed by atoms with Crippen molar-refractivity contribution in [3.63, 3.8) is 0 Å². The maximum atomic E-state index is 10.7. The maximum Gasteiger partial charge on any atom is 0.418 e. The van der Waals surface area contributed by atoms with Gasteiger partial charge in [0.2, 0.25) is 0 Å². The minimum absolute atomic E-state index is 0.182. The van der Waals surface area contributed by atoms with Gasteiger partial charge in [0.25, 0.3) is 0 Å². The third-order valence-corrected chi connectivity index (χ3v) is 1.78. The van der Waals surface area contributed by atoms with Gasteiger partial charge in [-0.15, -0.1) is 0 Å². The zero-order valence-electron chi connectivity index (χ0n) is 6.64. The van der Waals surface area contributed by atoms with Crippen LogP contribution >= 0.6 is 0 Å². The molecule has 2 aromatic heterocycles. The number of anilines is 1. The first kappa shape index (κ1) is 7.60. The van der Waals surface area contributed by atoms with Crippen molar-refractivity contribution in [2.75, 3.05) is 5.73 Å². The number of hydrogen-bond donors (Lipinski definition) is 2. The second-order valence-corrected chi connectivity index (χ2v) is 2.60. The van der Waals surface area contributed by atoms with Crippen molar-refractivity contribution in [2.24, 2.45) is 0 Å². The molecule has 0 saturated heterocycles. The van der Waals surface area contributed by atoms with E-state index in [0.717, 1.165) is 9.95 Å². The minimum atomic E-state index is -1.12. The molecule has 5 heteroatoms. The van der Waals surface area contributed by atoms with Gasteiger partial charge in [-0.3, -0.25) is 0 Å². The molecule has 0 spiro atoms. The van der Waals surface area contributed by atoms with E-state index in [4.69, 9.17) is 10.8 Å². The topological polar surface area (TPSA) is 81.1 Å². The van der Waals surface area contributed by atoms with Crippen LogP contribution in [0.15, 0.2) is 24.4 Å². The maximum absolute atomic E-state index is 10.7. The predicted molar refractivity (Wildman–Crippen MR) is 47.6 cm³/mol. The molecule has 0 radical (unpaired) electrons. The summed E-state index contributed by atoms with van der Waals surface area (Å²) in [7, 11) is 0. The van der Waals surface area contributed by atoms with E-state index in [1.807, 2.05) is 0 Å². The fraction of sp³-hybridized carbons (Fsp3) is 0. The Morgan fingerprint density at radius 1 is 1.62 bits per heavy atom. The van der Waals surface area contributed by atoms with Crippen LogP contribution < -0.4 is 5.73 Å². The number of nitrogens with zero attached hydrogens (tertiary/aromatic N) is 2. The minimum Gasteiger partial charge on any atom is -0.464 e. The largest absolute Gasteiger partial charge is 0.464 e. The molecule has 0 saturated carbocycles. The summed E-state index contributed by atoms with van der Waals surface area (Å²) < 4.78 is 0.954. The van der Waals surface area contributed by atoms with Crippen LogP contribution in [0.25, 0.3) is 11.0 Å². The SMILES string of the molecule is Nc1cc2cccnc2n1C(=O)O. The van der Waals surface area contributed by atoms with E-state index in [9.17, 15) is 4.79 Å². The lowest BCUT2D eigenvalue weighted by molar-refractivity contribution is 0.198. The van der Waals surface area contributed by atoms with E-state index in [2.05, 4.69) is 4.98 Å². The highest BCUT2D eigenvalue weighted by atomic mass is 16.4. The van der Waals surface area contributed by atoms with Gasteiger partial charge >= 0.3 is 6.09 Å². The van der Waals surface area contributed by atoms with Crippen LogP contribution in [-0.2, 0) is 0 Å². The molecule has 0 unspecified atom stereocenters. The van der Waals surface area contributed by atoms with E-state index < -0.39 is 6.09 Å². The molecule has 0 aliphatic rings. The summed E-state index contributed by atoms with van der Waals surface area (Å²) in [6.45, 7) is 0. The van der Waals surface area contributed by atoms with Crippen molar-refractivity contribution in [1.29, 1.82) is 0 Å². The molecule has 3 N–H and O–H groups in total. The summed E-state index contributed by atoms with van der Waals surface area (Å²) in [5, 5.41) is 9.52. The van der Waals surface area contributed by atoms with Gasteiger partial charge in [-0.1, -0.05) is 0 Å². The number of pyridine rings is 1. The number of fused-ring (bicyclic) bond motifs is 1. The number of hydrogen-bond acceptors (Lipinski definition) is 3. The normalized spacial score (nSPS) is 10.5. The van der Waals surface area contributed by atoms with Crippen molar-refractivity contribution < 1.29 is 9.90 Å². The van der Waals surface area contributed by atoms with Gasteiger partial charge in [0.05, 0.1) is 0 Å². The lowest BCUT2D eigenvalue weighted by atomic mass is 10.3. The van der Waals surface area contributed by atoms with E-state index in [1.165, 1.54) is 6.20 Å². The van der Waals surface area contributed by atoms with Crippen LogP contribution in [0.4, 0.5) is 10.6 Å². The van der Waals surface area contributed by atoms with E-state index in [0.29, 0.717) is 5.65 Å². The first-order valence-corrected chi connectivity index (χ1v) is 3.65. The van der Waals surface area contributed by atoms with Gasteiger partial charge in [-0.25, -0.2) is 14.3 Å². The van der Waals surface area contributed by atoms with Crippen molar-refractivity contribution in [3.8, 4) is 0 Å². The van der Waals surface area contributed by atoms with E-state index in [1.54, 1.807) is 18.2 Å². The zero-order chi connectivity index (χ0) is 9.42. The summed E-state index contributed by atoms with van der Waals surface area (Å²) in [4.78, 5) is 14.7. The molecule has 2 heterocycles. The molecular formula is C8H7N3O2. The molecule has 0 aliphatic heterocycles. The highest BCUT2D eigenvalue weighted by molar-refractivity contribution is 5.90. The third-order valence-electron chi connectivity index (χ3n) is 1.78. The van der Waals surface area contributed by atoms with Crippen molar-refractivity contribution in [3.05, 3.63) is 24.4 Å². The monoisotopic (exact) mass is 177 g/mol. The smallest absolute Gasteiger partial charge is 0.418 e. The molecule has 0 aromatic carbocycles. The van der Waals surface area contributed by atoms with Crippen LogP contribution in [0.1, 0.15) is 0 Å². The summed E-state index contributed by atoms with van der Waals surface area (Å²) >= 11 is 0. The van der Waals surface area contributed by atoms with Crippen molar-refractivity contribution in [2.45, 2.75) is 0 Å². The van der Waals surface area contributed by atoms with Gasteiger partial charge in [0, 0.05) is 11.6 Å². The Hall–Kier alpha value is -2.04. The molecule has 2 rings (SSSR count). The number of aromatic nitrogens is 2. The van der Waals surface area contributed by atoms with E-state index >= 15 is 0 Å². The number of carboxylic acid groups (broad SMARTS) is 1. The average molecular weight is 177 g/mol. The fourth-order valence-electron chi connectivity index (χ4n) is 1.26. The highest BCUT2D eigenvalue weighted by Crippen LogP contribution is 2.18. The molecule has 0 fully saturated rings. The molecule has 5 nitrogen and oxygen atoms in total. The Bertz CT molecular complexity index is 475. The van der Waals surface area contributed by atoms with Gasteiger partial charge in [-0.05, 0) is 18.2 Å². The quantitative estimate of drug-likeness (QED) is 0.632. The van der Waals surface area contributed by atoms with Crippen LogP contribution in [-0.4, -0.2) is 20.8 Å². The van der Waals surface area contributed by atoms with Crippen LogP contribution in [0.2, 0.25) is 0 Å². The van der Waals surface area contributed by atoms with Crippen molar-refractivity contribution >= 4 is 22.9 Å². The highest BCUT2D eigenvalue weighted by Gasteiger charge is 2.11. The standard InChI is InChI=1S/C8H7N3O2/c9-6-4-5-2-1-3-10-7(5)11(6)8(12)13/h1-4H,9H2,(H,12,13). The van der Waals surface area contributed by atoms with E-state index in [-0.39, 0.29) is 5.82 Å². The number of nitrogens with two attached hydrogens (primary N) is 1. The lowest BCUT2D eigenvalue weighted by Gasteiger charge is -1.97. The van der Waals surface area contributed by atoms with Gasteiger partial charge in [-0.2, -0.15) is 0 Å². The first-order chi connectivity index (χ1) is 6.20. The Kier molecular flexibility index (Phi) is 1.45. The Labute approximate surface area is 73.4 Å². The molecule has 66 valence electrons. The molecule has 0 bridgehead atoms. The van der Waals surface area contributed by atoms with Crippen LogP contribution in [0, 0.1) is 0 Å². The van der Waals surface area contributed by atoms with Crippen molar-refractivity contribution in [1.82, 2.24) is 9.55 Å². The van der Waals surface area contributed by atoms with Gasteiger partial charge < -0.3 is 10.8 Å². The second kappa shape index (κ2) is 2.48. The second-order valence-electron chi connectivity index (χ2n) is 2.60. The zero-order valence-corrected chi connectivity index (χ0v) is 6.64. The summed E-state index contributed by atoms with van der Waals surface area (Å²) in [6, 6.07) is 5.07. The molecule has 0 amide bonds. The molecule has 0 aliphatic carbocycles. The lowest BCUT2D eigenvalue weighted by Crippen LogP contribution is -2.11. The Morgan fingerprint density at radius 3 is 3.08 bits per heavy atom. The Morgan fingerprint density at radius 2 is 2.38 bits per heavy atom. The van der Waals surface area contributed by atoms with Crippen LogP contribution in [0.3, 0.4) is 0 Å². The number of carbonyl (C=O) groups is 1. The fourth-order valence-corrected chi connectivity index (χ4v) is 1.26.